The summed E-state index contributed by atoms with van der Waals surface area (Å²) in [6.07, 6.45) is 0. The lowest BCUT2D eigenvalue weighted by Gasteiger charge is -2.49. The zero-order valence-electron chi connectivity index (χ0n) is 20.3. The maximum Gasteiger partial charge on any atom is 0.352 e. The van der Waals surface area contributed by atoms with E-state index in [2.05, 4.69) is 15.5 Å². The maximum absolute atomic E-state index is 13.0. The highest BCUT2D eigenvalue weighted by Gasteiger charge is 2.54. The Bertz CT molecular complexity index is 1680. The Kier molecular flexibility index (Phi) is 7.63. The SMILES string of the molecule is CO/N=C(\C(=O)N[C@@H]1C(=O)N2C(C(=O)O)=C(CSc3cc(=O)c4cc(O)c(O)cc4s3)CSC12)c1csc(N)n1. The number of thiazole rings is 1. The smallest absolute Gasteiger partial charge is 0.352 e. The Hall–Kier alpha value is -3.80. The van der Waals surface area contributed by atoms with Gasteiger partial charge in [-0.2, -0.15) is 0 Å². The number of carbonyl (C=O) groups is 3. The summed E-state index contributed by atoms with van der Waals surface area (Å²) in [5, 5.41) is 37.1. The van der Waals surface area contributed by atoms with Gasteiger partial charge in [0, 0.05) is 39.1 Å². The number of nitrogen functional groups attached to an aromatic ring is 1. The normalized spacial score (nSPS) is 18.9. The van der Waals surface area contributed by atoms with Crippen LogP contribution in [0, 0.1) is 0 Å². The molecule has 17 heteroatoms. The number of nitrogens with one attached hydrogen (secondary N) is 1. The van der Waals surface area contributed by atoms with Crippen molar-refractivity contribution in [3.05, 3.63) is 50.8 Å². The fourth-order valence-electron chi connectivity index (χ4n) is 4.08. The third kappa shape index (κ3) is 5.07. The van der Waals surface area contributed by atoms with Crippen LogP contribution in [-0.2, 0) is 19.2 Å². The molecule has 208 valence electrons. The highest BCUT2D eigenvalue weighted by molar-refractivity contribution is 8.02. The highest BCUT2D eigenvalue weighted by Crippen LogP contribution is 2.42. The topological polar surface area (TPSA) is 205 Å². The number of rotatable bonds is 8. The summed E-state index contributed by atoms with van der Waals surface area (Å²) < 4.78 is 1.03. The molecule has 0 radical (unpaired) electrons. The molecular weight excluding hydrogens is 603 g/mol. The quantitative estimate of drug-likeness (QED) is 0.0800. The second kappa shape index (κ2) is 11.0. The predicted molar refractivity (Wildman–Crippen MR) is 152 cm³/mol. The van der Waals surface area contributed by atoms with Gasteiger partial charge in [-0.3, -0.25) is 19.3 Å². The van der Waals surface area contributed by atoms with E-state index >= 15 is 0 Å². The van der Waals surface area contributed by atoms with Gasteiger partial charge in [-0.25, -0.2) is 9.78 Å². The number of aromatic nitrogens is 1. The molecule has 1 saturated heterocycles. The molecule has 0 spiro atoms. The summed E-state index contributed by atoms with van der Waals surface area (Å²) >= 11 is 4.83. The van der Waals surface area contributed by atoms with Crippen molar-refractivity contribution in [2.45, 2.75) is 15.6 Å². The van der Waals surface area contributed by atoms with Gasteiger partial charge in [-0.1, -0.05) is 5.16 Å². The van der Waals surface area contributed by atoms with Crippen LogP contribution >= 0.6 is 46.2 Å². The molecule has 1 unspecified atom stereocenters. The number of nitrogens with two attached hydrogens (primary N) is 1. The van der Waals surface area contributed by atoms with Crippen molar-refractivity contribution in [1.29, 1.82) is 0 Å². The first-order valence-electron chi connectivity index (χ1n) is 11.2. The van der Waals surface area contributed by atoms with Gasteiger partial charge in [0.1, 0.15) is 29.9 Å². The van der Waals surface area contributed by atoms with E-state index < -0.39 is 34.9 Å². The van der Waals surface area contributed by atoms with Crippen molar-refractivity contribution >= 4 is 84.9 Å². The number of benzene rings is 1. The standard InChI is InChI=1S/C23H19N5O8S4/c1-36-27-16(10-7-39-23(24)25-10)19(32)26-17-20(33)28-18(22(34)35)8(6-38-21(17)28)5-37-15-4-11(29)9-2-12(30)13(31)3-14(9)40-15/h2-4,7,17,21,30-31H,5-6H2,1H3,(H2,24,25)(H,26,32)(H,34,35)/b27-16-/t17-,21?/m1/s1. The number of carbonyl (C=O) groups excluding carboxylic acids is 2. The molecule has 6 N–H and O–H groups in total. The first kappa shape index (κ1) is 27.8. The number of oxime groups is 1. The Morgan fingerprint density at radius 1 is 1.27 bits per heavy atom. The minimum absolute atomic E-state index is 0.166. The van der Waals surface area contributed by atoms with Crippen LogP contribution in [0.2, 0.25) is 0 Å². The van der Waals surface area contributed by atoms with E-state index in [4.69, 9.17) is 10.6 Å². The van der Waals surface area contributed by atoms with Crippen LogP contribution in [0.3, 0.4) is 0 Å². The van der Waals surface area contributed by atoms with E-state index in [1.807, 2.05) is 0 Å². The lowest BCUT2D eigenvalue weighted by molar-refractivity contribution is -0.150. The van der Waals surface area contributed by atoms with Crippen LogP contribution in [0.25, 0.3) is 10.1 Å². The van der Waals surface area contributed by atoms with Gasteiger partial charge in [-0.15, -0.1) is 46.2 Å². The summed E-state index contributed by atoms with van der Waals surface area (Å²) in [7, 11) is 1.25. The van der Waals surface area contributed by atoms with Crippen LogP contribution in [0.15, 0.2) is 49.0 Å². The van der Waals surface area contributed by atoms with Gasteiger partial charge in [0.15, 0.2) is 27.8 Å². The Labute approximate surface area is 241 Å². The number of amides is 2. The van der Waals surface area contributed by atoms with Crippen LogP contribution in [0.5, 0.6) is 11.5 Å². The van der Waals surface area contributed by atoms with E-state index in [-0.39, 0.29) is 50.3 Å². The van der Waals surface area contributed by atoms with E-state index in [1.165, 1.54) is 65.5 Å². The fraction of sp³-hybridized carbons (Fsp3) is 0.217. The summed E-state index contributed by atoms with van der Waals surface area (Å²) in [6, 6.07) is 2.88. The number of phenolic OH excluding ortho intramolecular Hbond substituents is 2. The summed E-state index contributed by atoms with van der Waals surface area (Å²) in [6.45, 7) is 0. The number of nitrogens with zero attached hydrogens (tertiary/aromatic N) is 3. The summed E-state index contributed by atoms with van der Waals surface area (Å²) in [5.41, 5.74) is 5.60. The zero-order chi connectivity index (χ0) is 28.7. The molecular formula is C23H19N5O8S4. The molecule has 0 aliphatic carbocycles. The minimum Gasteiger partial charge on any atom is -0.504 e. The van der Waals surface area contributed by atoms with Gasteiger partial charge in [0.05, 0.1) is 4.21 Å². The molecule has 2 aliphatic heterocycles. The number of anilines is 1. The van der Waals surface area contributed by atoms with Crippen LogP contribution in [0.1, 0.15) is 5.69 Å². The van der Waals surface area contributed by atoms with Gasteiger partial charge in [0.25, 0.3) is 11.8 Å². The monoisotopic (exact) mass is 621 g/mol. The molecule has 13 nitrogen and oxygen atoms in total. The molecule has 2 amide bonds. The number of hydrogen-bond donors (Lipinski definition) is 5. The third-order valence-electron chi connectivity index (χ3n) is 5.89. The van der Waals surface area contributed by atoms with Crippen molar-refractivity contribution in [2.75, 3.05) is 24.3 Å². The number of hydrogen-bond acceptors (Lipinski definition) is 14. The number of phenols is 2. The Morgan fingerprint density at radius 2 is 2.02 bits per heavy atom. The van der Waals surface area contributed by atoms with Crippen molar-refractivity contribution in [3.8, 4) is 11.5 Å². The van der Waals surface area contributed by atoms with E-state index in [1.54, 1.807) is 0 Å². The van der Waals surface area contributed by atoms with E-state index in [0.717, 1.165) is 16.2 Å². The number of carboxylic acid groups (broad SMARTS) is 1. The number of aliphatic carboxylic acids is 1. The van der Waals surface area contributed by atoms with Crippen LogP contribution < -0.4 is 16.5 Å². The maximum atomic E-state index is 13.0. The minimum atomic E-state index is -1.29. The molecule has 0 bridgehead atoms. The second-order valence-corrected chi connectivity index (χ2v) is 12.7. The molecule has 2 aliphatic rings. The number of fused-ring (bicyclic) bond motifs is 2. The van der Waals surface area contributed by atoms with Crippen LogP contribution in [0.4, 0.5) is 5.13 Å². The first-order valence-corrected chi connectivity index (χ1v) is 15.0. The van der Waals surface area contributed by atoms with E-state index in [0.29, 0.717) is 14.5 Å². The van der Waals surface area contributed by atoms with Crippen molar-refractivity contribution in [3.63, 3.8) is 0 Å². The zero-order valence-corrected chi connectivity index (χ0v) is 23.6. The lowest BCUT2D eigenvalue weighted by atomic mass is 10.0. The molecule has 1 fully saturated rings. The number of carboxylic acids is 1. The second-order valence-electron chi connectivity index (χ2n) is 8.37. The van der Waals surface area contributed by atoms with Crippen molar-refractivity contribution < 1.29 is 34.5 Å². The Morgan fingerprint density at radius 3 is 2.70 bits per heavy atom. The van der Waals surface area contributed by atoms with Gasteiger partial charge in [0.2, 0.25) is 0 Å². The molecule has 2 atom stereocenters. The molecule has 0 saturated carbocycles. The third-order valence-corrected chi connectivity index (χ3v) is 10.3. The lowest BCUT2D eigenvalue weighted by Crippen LogP contribution is -2.71. The number of thioether (sulfide) groups is 2. The average molecular weight is 622 g/mol. The fourth-order valence-corrected chi connectivity index (χ4v) is 8.36. The van der Waals surface area contributed by atoms with Gasteiger partial charge < -0.3 is 31.2 Å². The summed E-state index contributed by atoms with van der Waals surface area (Å²) in [5.74, 6) is -2.90. The number of aromatic hydroxyl groups is 2. The largest absolute Gasteiger partial charge is 0.504 e. The molecule has 2 aromatic heterocycles. The molecule has 4 heterocycles. The molecule has 1 aromatic carbocycles. The van der Waals surface area contributed by atoms with Crippen molar-refractivity contribution in [1.82, 2.24) is 15.2 Å². The molecule has 40 heavy (non-hydrogen) atoms. The van der Waals surface area contributed by atoms with Crippen molar-refractivity contribution in [2.24, 2.45) is 5.16 Å². The molecule has 5 rings (SSSR count). The molecule has 3 aromatic rings. The first-order chi connectivity index (χ1) is 19.1. The highest BCUT2D eigenvalue weighted by atomic mass is 32.2. The average Bonchev–Trinajstić information content (AvgIpc) is 3.35. The summed E-state index contributed by atoms with van der Waals surface area (Å²) in [4.78, 5) is 60.6. The Balaban J connectivity index is 1.33. The predicted octanol–water partition coefficient (Wildman–Crippen LogP) is 1.59. The van der Waals surface area contributed by atoms with E-state index in [9.17, 15) is 34.5 Å². The number of β-lactam (4-membered cyclic amide) rings is 1. The van der Waals surface area contributed by atoms with Crippen LogP contribution in [-0.4, -0.2) is 78.7 Å². The van der Waals surface area contributed by atoms with Gasteiger partial charge >= 0.3 is 5.97 Å². The van der Waals surface area contributed by atoms with Gasteiger partial charge in [-0.05, 0) is 11.6 Å².